The lowest BCUT2D eigenvalue weighted by Gasteiger charge is -2.37. The number of carbonyl (C=O) groups is 2. The van der Waals surface area contributed by atoms with Crippen LogP contribution in [0.25, 0.3) is 0 Å². The van der Waals surface area contributed by atoms with Crippen LogP contribution in [0.4, 0.5) is 5.69 Å². The monoisotopic (exact) mass is 355 g/mol. The maximum atomic E-state index is 13.0. The van der Waals surface area contributed by atoms with E-state index in [0.29, 0.717) is 18.5 Å². The fraction of sp³-hybridized carbons (Fsp3) is 0.619. The van der Waals surface area contributed by atoms with Crippen molar-refractivity contribution in [1.29, 1.82) is 0 Å². The Bertz CT molecular complexity index is 683. The molecule has 0 radical (unpaired) electrons. The van der Waals surface area contributed by atoms with Crippen molar-refractivity contribution < 1.29 is 9.59 Å². The van der Waals surface area contributed by atoms with Gasteiger partial charge in [-0.15, -0.1) is 0 Å². The molecule has 3 aliphatic rings. The number of hydrogen-bond donors (Lipinski definition) is 2. The van der Waals surface area contributed by atoms with Gasteiger partial charge in [-0.25, -0.2) is 0 Å². The topological polar surface area (TPSA) is 61.4 Å². The Morgan fingerprint density at radius 2 is 1.96 bits per heavy atom. The normalized spacial score (nSPS) is 27.7. The quantitative estimate of drug-likeness (QED) is 0.854. The van der Waals surface area contributed by atoms with Crippen molar-refractivity contribution in [2.24, 2.45) is 11.3 Å². The van der Waals surface area contributed by atoms with Crippen molar-refractivity contribution in [1.82, 2.24) is 10.2 Å². The highest BCUT2D eigenvalue weighted by molar-refractivity contribution is 5.96. The predicted molar refractivity (Wildman–Crippen MR) is 102 cm³/mol. The second-order valence-electron chi connectivity index (χ2n) is 8.26. The number of rotatable bonds is 5. The molecule has 4 rings (SSSR count). The summed E-state index contributed by atoms with van der Waals surface area (Å²) < 4.78 is 0. The molecule has 2 amide bonds. The second kappa shape index (κ2) is 7.03. The van der Waals surface area contributed by atoms with E-state index in [1.807, 2.05) is 29.2 Å². The molecule has 0 aromatic heterocycles. The van der Waals surface area contributed by atoms with Crippen molar-refractivity contribution in [3.05, 3.63) is 29.8 Å². The Hall–Kier alpha value is -1.88. The van der Waals surface area contributed by atoms with Gasteiger partial charge in [0, 0.05) is 31.7 Å². The molecule has 0 bridgehead atoms. The van der Waals surface area contributed by atoms with Gasteiger partial charge in [0.25, 0.3) is 0 Å². The zero-order valence-electron chi connectivity index (χ0n) is 15.6. The number of amides is 2. The molecule has 2 aliphatic carbocycles. The highest BCUT2D eigenvalue weighted by Gasteiger charge is 2.49. The molecule has 2 atom stereocenters. The standard InChI is InChI=1S/C21H29N3O2/c1-15(25)24(19-9-10-19)13-16-5-7-18(8-6-16)23-20(26)21-11-3-2-4-17(21)12-22-14-21/h5-8,17,19,22H,2-4,9-14H2,1H3,(H,23,26)/t17-,21+/m0/s1. The lowest BCUT2D eigenvalue weighted by atomic mass is 9.67. The molecular formula is C21H29N3O2. The van der Waals surface area contributed by atoms with Gasteiger partial charge in [0.15, 0.2) is 0 Å². The van der Waals surface area contributed by atoms with Crippen LogP contribution < -0.4 is 10.6 Å². The SMILES string of the molecule is CC(=O)N(Cc1ccc(NC(=O)[C@@]23CCCC[C@H]2CNC3)cc1)C1CC1. The average Bonchev–Trinajstić information content (AvgIpc) is 3.38. The minimum Gasteiger partial charge on any atom is -0.336 e. The van der Waals surface area contributed by atoms with Gasteiger partial charge in [0.2, 0.25) is 11.8 Å². The van der Waals surface area contributed by atoms with Gasteiger partial charge >= 0.3 is 0 Å². The number of hydrogen-bond acceptors (Lipinski definition) is 3. The van der Waals surface area contributed by atoms with Crippen molar-refractivity contribution in [3.63, 3.8) is 0 Å². The van der Waals surface area contributed by atoms with Gasteiger partial charge in [-0.2, -0.15) is 0 Å². The lowest BCUT2D eigenvalue weighted by molar-refractivity contribution is -0.130. The molecule has 5 heteroatoms. The van der Waals surface area contributed by atoms with Crippen LogP contribution in [0.15, 0.2) is 24.3 Å². The molecule has 2 N–H and O–H groups in total. The molecule has 2 saturated carbocycles. The molecule has 0 unspecified atom stereocenters. The zero-order valence-corrected chi connectivity index (χ0v) is 15.6. The van der Waals surface area contributed by atoms with Crippen molar-refractivity contribution in [3.8, 4) is 0 Å². The summed E-state index contributed by atoms with van der Waals surface area (Å²) in [6.07, 6.45) is 6.76. The second-order valence-corrected chi connectivity index (χ2v) is 8.26. The maximum Gasteiger partial charge on any atom is 0.232 e. The van der Waals surface area contributed by atoms with E-state index in [0.717, 1.165) is 56.4 Å². The minimum atomic E-state index is -0.228. The van der Waals surface area contributed by atoms with Crippen LogP contribution in [-0.2, 0) is 16.1 Å². The highest BCUT2D eigenvalue weighted by Crippen LogP contribution is 2.44. The Labute approximate surface area is 155 Å². The number of anilines is 1. The van der Waals surface area contributed by atoms with Gasteiger partial charge in [-0.1, -0.05) is 25.0 Å². The first-order valence-electron chi connectivity index (χ1n) is 9.97. The molecule has 1 aromatic rings. The molecule has 140 valence electrons. The third kappa shape index (κ3) is 3.37. The van der Waals surface area contributed by atoms with E-state index in [9.17, 15) is 9.59 Å². The highest BCUT2D eigenvalue weighted by atomic mass is 16.2. The third-order valence-corrected chi connectivity index (χ3v) is 6.45. The smallest absolute Gasteiger partial charge is 0.232 e. The Morgan fingerprint density at radius 1 is 1.19 bits per heavy atom. The number of nitrogens with one attached hydrogen (secondary N) is 2. The summed E-state index contributed by atoms with van der Waals surface area (Å²) >= 11 is 0. The number of carbonyl (C=O) groups excluding carboxylic acids is 2. The summed E-state index contributed by atoms with van der Waals surface area (Å²) in [5.74, 6) is 0.780. The van der Waals surface area contributed by atoms with E-state index in [1.54, 1.807) is 6.92 Å². The summed E-state index contributed by atoms with van der Waals surface area (Å²) in [5, 5.41) is 6.58. The van der Waals surface area contributed by atoms with Crippen LogP contribution in [0.2, 0.25) is 0 Å². The van der Waals surface area contributed by atoms with Crippen LogP contribution in [0, 0.1) is 11.3 Å². The number of benzene rings is 1. The lowest BCUT2D eigenvalue weighted by Crippen LogP contribution is -2.44. The predicted octanol–water partition coefficient (Wildman–Crippen LogP) is 2.92. The fourth-order valence-electron chi connectivity index (χ4n) is 4.72. The van der Waals surface area contributed by atoms with Crippen LogP contribution >= 0.6 is 0 Å². The summed E-state index contributed by atoms with van der Waals surface area (Å²) in [6, 6.07) is 8.40. The van der Waals surface area contributed by atoms with Gasteiger partial charge < -0.3 is 15.5 Å². The Morgan fingerprint density at radius 3 is 2.65 bits per heavy atom. The molecule has 1 saturated heterocycles. The summed E-state index contributed by atoms with van der Waals surface area (Å²) in [5.41, 5.74) is 1.74. The van der Waals surface area contributed by atoms with E-state index in [-0.39, 0.29) is 17.2 Å². The van der Waals surface area contributed by atoms with E-state index in [1.165, 1.54) is 6.42 Å². The number of fused-ring (bicyclic) bond motifs is 1. The summed E-state index contributed by atoms with van der Waals surface area (Å²) in [7, 11) is 0. The minimum absolute atomic E-state index is 0.140. The molecule has 5 nitrogen and oxygen atoms in total. The molecule has 1 aliphatic heterocycles. The number of nitrogens with zero attached hydrogens (tertiary/aromatic N) is 1. The average molecular weight is 355 g/mol. The van der Waals surface area contributed by atoms with Gasteiger partial charge in [-0.05, 0) is 55.8 Å². The van der Waals surface area contributed by atoms with Crippen LogP contribution in [-0.4, -0.2) is 35.8 Å². The van der Waals surface area contributed by atoms with Crippen molar-refractivity contribution in [2.45, 2.75) is 58.0 Å². The zero-order chi connectivity index (χ0) is 18.1. The first-order chi connectivity index (χ1) is 12.6. The Kier molecular flexibility index (Phi) is 4.74. The first kappa shape index (κ1) is 17.5. The summed E-state index contributed by atoms with van der Waals surface area (Å²) in [6.45, 7) is 4.07. The fourth-order valence-corrected chi connectivity index (χ4v) is 4.72. The molecular weight excluding hydrogens is 326 g/mol. The maximum absolute atomic E-state index is 13.0. The van der Waals surface area contributed by atoms with Gasteiger partial charge in [0.05, 0.1) is 5.41 Å². The molecule has 1 heterocycles. The molecule has 0 spiro atoms. The molecule has 1 aromatic carbocycles. The van der Waals surface area contributed by atoms with Crippen LogP contribution in [0.5, 0.6) is 0 Å². The van der Waals surface area contributed by atoms with Crippen LogP contribution in [0.3, 0.4) is 0 Å². The van der Waals surface area contributed by atoms with E-state index >= 15 is 0 Å². The van der Waals surface area contributed by atoms with Gasteiger partial charge in [0.1, 0.15) is 0 Å². The van der Waals surface area contributed by atoms with E-state index in [4.69, 9.17) is 0 Å². The van der Waals surface area contributed by atoms with Crippen molar-refractivity contribution in [2.75, 3.05) is 18.4 Å². The summed E-state index contributed by atoms with van der Waals surface area (Å²) in [4.78, 5) is 26.7. The van der Waals surface area contributed by atoms with Crippen molar-refractivity contribution >= 4 is 17.5 Å². The molecule has 26 heavy (non-hydrogen) atoms. The Balaban J connectivity index is 1.41. The first-order valence-corrected chi connectivity index (χ1v) is 9.97. The van der Waals surface area contributed by atoms with Crippen LogP contribution in [0.1, 0.15) is 51.0 Å². The van der Waals surface area contributed by atoms with Gasteiger partial charge in [-0.3, -0.25) is 9.59 Å². The molecule has 3 fully saturated rings. The largest absolute Gasteiger partial charge is 0.336 e. The van der Waals surface area contributed by atoms with E-state index < -0.39 is 0 Å². The third-order valence-electron chi connectivity index (χ3n) is 6.45. The van der Waals surface area contributed by atoms with E-state index in [2.05, 4.69) is 10.6 Å².